The highest BCUT2D eigenvalue weighted by molar-refractivity contribution is 7.99. The summed E-state index contributed by atoms with van der Waals surface area (Å²) in [6.07, 6.45) is 0.623. The average molecular weight is 314 g/mol. The van der Waals surface area contributed by atoms with Crippen molar-refractivity contribution in [1.82, 2.24) is 9.78 Å². The fourth-order valence-electron chi connectivity index (χ4n) is 1.97. The number of aromatic nitrogens is 2. The number of nitrogens with zero attached hydrogens (tertiary/aromatic N) is 2. The van der Waals surface area contributed by atoms with E-state index in [1.54, 1.807) is 16.8 Å². The zero-order chi connectivity index (χ0) is 14.7. The van der Waals surface area contributed by atoms with E-state index in [1.807, 2.05) is 20.0 Å². The van der Waals surface area contributed by atoms with E-state index in [0.29, 0.717) is 22.1 Å². The van der Waals surface area contributed by atoms with Gasteiger partial charge in [-0.25, -0.2) is 4.39 Å². The average Bonchev–Trinajstić information content (AvgIpc) is 2.64. The molecule has 0 aliphatic rings. The lowest BCUT2D eigenvalue weighted by atomic mass is 10.2. The first-order valence-corrected chi connectivity index (χ1v) is 7.66. The van der Waals surface area contributed by atoms with Crippen LogP contribution in [-0.4, -0.2) is 21.6 Å². The molecule has 3 nitrogen and oxygen atoms in total. The van der Waals surface area contributed by atoms with Crippen molar-refractivity contribution in [2.24, 2.45) is 12.8 Å². The van der Waals surface area contributed by atoms with Crippen molar-refractivity contribution in [1.29, 1.82) is 0 Å². The van der Waals surface area contributed by atoms with Gasteiger partial charge in [-0.3, -0.25) is 4.68 Å². The van der Waals surface area contributed by atoms with Gasteiger partial charge in [-0.15, -0.1) is 11.8 Å². The molecule has 0 aliphatic carbocycles. The Morgan fingerprint density at radius 1 is 1.45 bits per heavy atom. The van der Waals surface area contributed by atoms with Crippen molar-refractivity contribution in [3.05, 3.63) is 46.5 Å². The summed E-state index contributed by atoms with van der Waals surface area (Å²) in [4.78, 5) is 0.621. The Kier molecular flexibility index (Phi) is 5.07. The van der Waals surface area contributed by atoms with Crippen LogP contribution in [0.5, 0.6) is 0 Å². The summed E-state index contributed by atoms with van der Waals surface area (Å²) in [7, 11) is 1.85. The summed E-state index contributed by atoms with van der Waals surface area (Å²) in [6.45, 7) is 1.87. The normalized spacial score (nSPS) is 12.7. The predicted octanol–water partition coefficient (Wildman–Crippen LogP) is 3.18. The lowest BCUT2D eigenvalue weighted by Gasteiger charge is -2.12. The quantitative estimate of drug-likeness (QED) is 0.862. The van der Waals surface area contributed by atoms with Crippen LogP contribution in [0.3, 0.4) is 0 Å². The molecule has 0 spiro atoms. The molecule has 108 valence electrons. The topological polar surface area (TPSA) is 43.8 Å². The number of thioether (sulfide) groups is 1. The summed E-state index contributed by atoms with van der Waals surface area (Å²) < 4.78 is 15.3. The minimum absolute atomic E-state index is 0.105. The summed E-state index contributed by atoms with van der Waals surface area (Å²) in [5, 5.41) is 4.92. The molecule has 1 aromatic carbocycles. The van der Waals surface area contributed by atoms with Gasteiger partial charge in [0, 0.05) is 30.2 Å². The Hall–Kier alpha value is -1.04. The third-order valence-corrected chi connectivity index (χ3v) is 4.74. The summed E-state index contributed by atoms with van der Waals surface area (Å²) in [5.74, 6) is 0.417. The Bertz CT molecular complexity index is 600. The second-order valence-corrected chi connectivity index (χ2v) is 6.12. The van der Waals surface area contributed by atoms with Gasteiger partial charge in [-0.05, 0) is 19.1 Å². The minimum Gasteiger partial charge on any atom is -0.327 e. The van der Waals surface area contributed by atoms with Crippen LogP contribution in [0, 0.1) is 12.7 Å². The fraction of sp³-hybridized carbons (Fsp3) is 0.357. The van der Waals surface area contributed by atoms with Crippen LogP contribution in [0.15, 0.2) is 29.2 Å². The smallest absolute Gasteiger partial charge is 0.136 e. The van der Waals surface area contributed by atoms with Gasteiger partial charge in [0.25, 0.3) is 0 Å². The Balaban J connectivity index is 1.96. The number of aryl methyl sites for hydroxylation is 2. The molecule has 0 saturated carbocycles. The number of hydrogen-bond donors (Lipinski definition) is 1. The third kappa shape index (κ3) is 3.53. The molecule has 0 fully saturated rings. The molecule has 0 saturated heterocycles. The standard InChI is InChI=1S/C14H17ClFN3S/c1-9-14(15)12(19(2)18-9)7-10(17)8-20-13-6-4-3-5-11(13)16/h3-6,10H,7-8,17H2,1-2H3. The van der Waals surface area contributed by atoms with Crippen molar-refractivity contribution in [2.75, 3.05) is 5.75 Å². The molecule has 0 bridgehead atoms. The number of hydrogen-bond acceptors (Lipinski definition) is 3. The van der Waals surface area contributed by atoms with E-state index in [9.17, 15) is 4.39 Å². The molecule has 2 rings (SSSR count). The molecule has 1 heterocycles. The van der Waals surface area contributed by atoms with Crippen LogP contribution in [0.25, 0.3) is 0 Å². The van der Waals surface area contributed by atoms with Gasteiger partial charge < -0.3 is 5.73 Å². The van der Waals surface area contributed by atoms with Crippen molar-refractivity contribution in [3.63, 3.8) is 0 Å². The van der Waals surface area contributed by atoms with E-state index in [1.165, 1.54) is 17.8 Å². The first-order valence-electron chi connectivity index (χ1n) is 6.30. The molecule has 20 heavy (non-hydrogen) atoms. The summed E-state index contributed by atoms with van der Waals surface area (Å²) in [6, 6.07) is 6.60. The summed E-state index contributed by atoms with van der Waals surface area (Å²) in [5.41, 5.74) is 7.83. The van der Waals surface area contributed by atoms with Gasteiger partial charge in [0.2, 0.25) is 0 Å². The Morgan fingerprint density at radius 2 is 2.15 bits per heavy atom. The molecule has 2 N–H and O–H groups in total. The highest BCUT2D eigenvalue weighted by atomic mass is 35.5. The van der Waals surface area contributed by atoms with Crippen molar-refractivity contribution in [2.45, 2.75) is 24.3 Å². The van der Waals surface area contributed by atoms with Gasteiger partial charge in [-0.1, -0.05) is 23.7 Å². The molecular weight excluding hydrogens is 297 g/mol. The van der Waals surface area contributed by atoms with E-state index < -0.39 is 0 Å². The SMILES string of the molecule is Cc1nn(C)c(CC(N)CSc2ccccc2F)c1Cl. The monoisotopic (exact) mass is 313 g/mol. The van der Waals surface area contributed by atoms with Crippen molar-refractivity contribution < 1.29 is 4.39 Å². The molecule has 0 amide bonds. The zero-order valence-electron chi connectivity index (χ0n) is 11.4. The second kappa shape index (κ2) is 6.61. The van der Waals surface area contributed by atoms with Crippen LogP contribution in [-0.2, 0) is 13.5 Å². The van der Waals surface area contributed by atoms with E-state index >= 15 is 0 Å². The van der Waals surface area contributed by atoms with Crippen LogP contribution in [0.1, 0.15) is 11.4 Å². The largest absolute Gasteiger partial charge is 0.327 e. The lowest BCUT2D eigenvalue weighted by molar-refractivity contribution is 0.601. The van der Waals surface area contributed by atoms with Crippen LogP contribution >= 0.6 is 23.4 Å². The molecule has 1 unspecified atom stereocenters. The van der Waals surface area contributed by atoms with Gasteiger partial charge in [-0.2, -0.15) is 5.10 Å². The van der Waals surface area contributed by atoms with Crippen LogP contribution in [0.4, 0.5) is 4.39 Å². The van der Waals surface area contributed by atoms with Gasteiger partial charge in [0.15, 0.2) is 0 Å². The zero-order valence-corrected chi connectivity index (χ0v) is 13.0. The minimum atomic E-state index is -0.209. The number of rotatable bonds is 5. The van der Waals surface area contributed by atoms with Crippen molar-refractivity contribution >= 4 is 23.4 Å². The molecule has 0 aliphatic heterocycles. The number of nitrogens with two attached hydrogens (primary N) is 1. The van der Waals surface area contributed by atoms with Crippen LogP contribution < -0.4 is 5.73 Å². The molecule has 1 aromatic heterocycles. The third-order valence-electron chi connectivity index (χ3n) is 3.01. The van der Waals surface area contributed by atoms with E-state index in [4.69, 9.17) is 17.3 Å². The summed E-state index contributed by atoms with van der Waals surface area (Å²) >= 11 is 7.61. The maximum Gasteiger partial charge on any atom is 0.136 e. The molecule has 2 aromatic rings. The Labute approximate surface area is 127 Å². The van der Waals surface area contributed by atoms with Gasteiger partial charge in [0.05, 0.1) is 16.4 Å². The molecule has 1 atom stereocenters. The van der Waals surface area contributed by atoms with Gasteiger partial charge in [0.1, 0.15) is 5.82 Å². The molecule has 0 radical (unpaired) electrons. The first-order chi connectivity index (χ1) is 9.49. The number of halogens is 2. The van der Waals surface area contributed by atoms with Crippen LogP contribution in [0.2, 0.25) is 5.02 Å². The maximum atomic E-state index is 13.5. The first kappa shape index (κ1) is 15.4. The fourth-order valence-corrected chi connectivity index (χ4v) is 3.10. The molecular formula is C14H17ClFN3S. The van der Waals surface area contributed by atoms with E-state index in [-0.39, 0.29) is 11.9 Å². The molecule has 6 heteroatoms. The van der Waals surface area contributed by atoms with Crippen molar-refractivity contribution in [3.8, 4) is 0 Å². The van der Waals surface area contributed by atoms with E-state index in [2.05, 4.69) is 5.10 Å². The lowest BCUT2D eigenvalue weighted by Crippen LogP contribution is -2.26. The van der Waals surface area contributed by atoms with E-state index in [0.717, 1.165) is 11.4 Å². The Morgan fingerprint density at radius 3 is 2.75 bits per heavy atom. The van der Waals surface area contributed by atoms with Gasteiger partial charge >= 0.3 is 0 Å². The number of benzene rings is 1. The maximum absolute atomic E-state index is 13.5. The highest BCUT2D eigenvalue weighted by Gasteiger charge is 2.15. The second-order valence-electron chi connectivity index (χ2n) is 4.68. The predicted molar refractivity (Wildman–Crippen MR) is 81.8 cm³/mol. The highest BCUT2D eigenvalue weighted by Crippen LogP contribution is 2.24.